The van der Waals surface area contributed by atoms with E-state index in [1.54, 1.807) is 0 Å². The minimum absolute atomic E-state index is 0.257. The molecule has 1 N–H and O–H groups in total. The Morgan fingerprint density at radius 1 is 1.47 bits per heavy atom. The van der Waals surface area contributed by atoms with E-state index in [0.717, 1.165) is 12.0 Å². The fourth-order valence-electron chi connectivity index (χ4n) is 2.53. The summed E-state index contributed by atoms with van der Waals surface area (Å²) in [6.07, 6.45) is 7.86. The lowest BCUT2D eigenvalue weighted by Crippen LogP contribution is -2.26. The lowest BCUT2D eigenvalue weighted by molar-refractivity contribution is 0.367. The summed E-state index contributed by atoms with van der Waals surface area (Å²) < 4.78 is 0. The Morgan fingerprint density at radius 2 is 2.13 bits per heavy atom. The second-order valence-corrected chi connectivity index (χ2v) is 4.87. The zero-order chi connectivity index (χ0) is 11.5. The molecule has 84 valence electrons. The van der Waals surface area contributed by atoms with Gasteiger partial charge in [0.25, 0.3) is 0 Å². The van der Waals surface area contributed by atoms with Crippen molar-refractivity contribution in [3.8, 4) is 0 Å². The number of hydrogen-bond donors (Lipinski definition) is 1. The van der Waals surface area contributed by atoms with Gasteiger partial charge >= 0.3 is 0 Å². The summed E-state index contributed by atoms with van der Waals surface area (Å²) in [6, 6.07) is 0. The molecule has 0 bridgehead atoms. The Morgan fingerprint density at radius 3 is 2.67 bits per heavy atom. The number of hydrogen-bond acceptors (Lipinski definition) is 1. The third-order valence-corrected chi connectivity index (χ3v) is 3.20. The van der Waals surface area contributed by atoms with Crippen LogP contribution in [0.5, 0.6) is 0 Å². The van der Waals surface area contributed by atoms with E-state index < -0.39 is 0 Å². The highest BCUT2D eigenvalue weighted by Crippen LogP contribution is 2.42. The highest BCUT2D eigenvalue weighted by atomic mass is 14.8. The van der Waals surface area contributed by atoms with Crippen LogP contribution in [-0.4, -0.2) is 7.05 Å². The first-order valence-corrected chi connectivity index (χ1v) is 5.76. The summed E-state index contributed by atoms with van der Waals surface area (Å²) >= 11 is 0. The van der Waals surface area contributed by atoms with Gasteiger partial charge in [-0.2, -0.15) is 0 Å². The van der Waals surface area contributed by atoms with Crippen molar-refractivity contribution >= 4 is 0 Å². The molecule has 0 radical (unpaired) electrons. The molecule has 0 saturated carbocycles. The van der Waals surface area contributed by atoms with Crippen molar-refractivity contribution < 1.29 is 0 Å². The molecule has 0 amide bonds. The average Bonchev–Trinajstić information content (AvgIpc) is 2.16. The summed E-state index contributed by atoms with van der Waals surface area (Å²) in [7, 11) is 2.01. The predicted octanol–water partition coefficient (Wildman–Crippen LogP) is 3.80. The van der Waals surface area contributed by atoms with Crippen LogP contribution in [0.15, 0.2) is 35.6 Å². The van der Waals surface area contributed by atoms with E-state index in [1.165, 1.54) is 24.1 Å². The van der Waals surface area contributed by atoms with Gasteiger partial charge in [-0.15, -0.1) is 0 Å². The van der Waals surface area contributed by atoms with Gasteiger partial charge in [-0.1, -0.05) is 32.6 Å². The van der Waals surface area contributed by atoms with Crippen molar-refractivity contribution in [3.05, 3.63) is 35.6 Å². The van der Waals surface area contributed by atoms with E-state index in [9.17, 15) is 0 Å². The zero-order valence-electron chi connectivity index (χ0n) is 10.5. The molecule has 0 aromatic carbocycles. The second kappa shape index (κ2) is 4.69. The minimum atomic E-state index is 0.257. The third-order valence-electron chi connectivity index (χ3n) is 3.20. The number of nitrogens with one attached hydrogen (secondary N) is 1. The molecule has 1 nitrogen and oxygen atoms in total. The summed E-state index contributed by atoms with van der Waals surface area (Å²) in [5, 5.41) is 3.33. The van der Waals surface area contributed by atoms with Crippen LogP contribution < -0.4 is 5.32 Å². The first-order valence-electron chi connectivity index (χ1n) is 5.76. The Bertz CT molecular complexity index is 305. The van der Waals surface area contributed by atoms with Crippen molar-refractivity contribution in [2.24, 2.45) is 5.41 Å². The van der Waals surface area contributed by atoms with Crippen molar-refractivity contribution in [3.63, 3.8) is 0 Å². The van der Waals surface area contributed by atoms with Crippen LogP contribution in [0.25, 0.3) is 0 Å². The fraction of sp³-hybridized carbons (Fsp3) is 0.571. The van der Waals surface area contributed by atoms with Gasteiger partial charge < -0.3 is 5.32 Å². The maximum atomic E-state index is 4.18. The first-order chi connectivity index (χ1) is 7.03. The van der Waals surface area contributed by atoms with Gasteiger partial charge in [0.2, 0.25) is 0 Å². The molecule has 0 heterocycles. The van der Waals surface area contributed by atoms with Crippen molar-refractivity contribution in [2.45, 2.75) is 40.0 Å². The molecule has 1 aliphatic rings. The van der Waals surface area contributed by atoms with Crippen LogP contribution in [0.1, 0.15) is 40.0 Å². The van der Waals surface area contributed by atoms with Gasteiger partial charge in [0, 0.05) is 12.7 Å². The maximum Gasteiger partial charge on any atom is 0.0148 e. The van der Waals surface area contributed by atoms with Crippen LogP contribution in [0.4, 0.5) is 0 Å². The SMILES string of the molecule is C=C(/C=C/C)C1=C(NC)CCCC1(C)C. The number of allylic oxidation sites excluding steroid dienone is 5. The molecule has 0 aromatic rings. The summed E-state index contributed by atoms with van der Waals surface area (Å²) in [6.45, 7) is 10.8. The Hall–Kier alpha value is -0.980. The Labute approximate surface area is 94.0 Å². The summed E-state index contributed by atoms with van der Waals surface area (Å²) in [5.74, 6) is 0. The molecule has 1 aliphatic carbocycles. The molecular weight excluding hydrogens is 182 g/mol. The monoisotopic (exact) mass is 205 g/mol. The normalized spacial score (nSPS) is 20.8. The van der Waals surface area contributed by atoms with Crippen molar-refractivity contribution in [2.75, 3.05) is 7.05 Å². The zero-order valence-corrected chi connectivity index (χ0v) is 10.5. The van der Waals surface area contributed by atoms with Crippen LogP contribution in [0, 0.1) is 5.41 Å². The largest absolute Gasteiger partial charge is 0.391 e. The topological polar surface area (TPSA) is 12.0 Å². The lowest BCUT2D eigenvalue weighted by atomic mass is 9.71. The standard InChI is InChI=1S/C14H23N/c1-6-8-11(2)13-12(15-5)9-7-10-14(13,3)4/h6,8,15H,2,7,9-10H2,1,3-5H3/b8-6+. The van der Waals surface area contributed by atoms with Gasteiger partial charge in [-0.05, 0) is 42.7 Å². The molecule has 1 rings (SSSR count). The van der Waals surface area contributed by atoms with Gasteiger partial charge in [-0.3, -0.25) is 0 Å². The highest BCUT2D eigenvalue weighted by Gasteiger charge is 2.30. The molecule has 0 unspecified atom stereocenters. The molecule has 0 atom stereocenters. The van der Waals surface area contributed by atoms with Crippen LogP contribution >= 0.6 is 0 Å². The molecule has 0 spiro atoms. The van der Waals surface area contributed by atoms with Gasteiger partial charge in [0.1, 0.15) is 0 Å². The Balaban J connectivity index is 3.14. The predicted molar refractivity (Wildman–Crippen MR) is 67.7 cm³/mol. The van der Waals surface area contributed by atoms with Crippen LogP contribution in [-0.2, 0) is 0 Å². The van der Waals surface area contributed by atoms with E-state index in [4.69, 9.17) is 0 Å². The summed E-state index contributed by atoms with van der Waals surface area (Å²) in [5.41, 5.74) is 4.20. The molecule has 0 fully saturated rings. The first kappa shape index (κ1) is 12.1. The van der Waals surface area contributed by atoms with Crippen molar-refractivity contribution in [1.82, 2.24) is 5.32 Å². The smallest absolute Gasteiger partial charge is 0.0148 e. The van der Waals surface area contributed by atoms with E-state index in [0.29, 0.717) is 0 Å². The molecule has 15 heavy (non-hydrogen) atoms. The van der Waals surface area contributed by atoms with Gasteiger partial charge in [-0.25, -0.2) is 0 Å². The highest BCUT2D eigenvalue weighted by molar-refractivity contribution is 5.45. The van der Waals surface area contributed by atoms with E-state index >= 15 is 0 Å². The molecule has 1 heteroatoms. The molecule has 0 aromatic heterocycles. The molecule has 0 aliphatic heterocycles. The van der Waals surface area contributed by atoms with Gasteiger partial charge in [0.15, 0.2) is 0 Å². The lowest BCUT2D eigenvalue weighted by Gasteiger charge is -2.35. The summed E-state index contributed by atoms with van der Waals surface area (Å²) in [4.78, 5) is 0. The van der Waals surface area contributed by atoms with E-state index in [1.807, 2.05) is 14.0 Å². The quantitative estimate of drug-likeness (QED) is 0.691. The fourth-order valence-corrected chi connectivity index (χ4v) is 2.53. The second-order valence-electron chi connectivity index (χ2n) is 4.87. The van der Waals surface area contributed by atoms with E-state index in [-0.39, 0.29) is 5.41 Å². The van der Waals surface area contributed by atoms with Gasteiger partial charge in [0.05, 0.1) is 0 Å². The molecule has 0 saturated heterocycles. The van der Waals surface area contributed by atoms with E-state index in [2.05, 4.69) is 37.9 Å². The van der Waals surface area contributed by atoms with Crippen LogP contribution in [0.2, 0.25) is 0 Å². The average molecular weight is 205 g/mol. The number of rotatable bonds is 3. The minimum Gasteiger partial charge on any atom is -0.391 e. The van der Waals surface area contributed by atoms with Crippen molar-refractivity contribution in [1.29, 1.82) is 0 Å². The third kappa shape index (κ3) is 2.53. The molecular formula is C14H23N. The maximum absolute atomic E-state index is 4.18. The van der Waals surface area contributed by atoms with Crippen LogP contribution in [0.3, 0.4) is 0 Å². The Kier molecular flexibility index (Phi) is 3.78.